The predicted molar refractivity (Wildman–Crippen MR) is 78.3 cm³/mol. The van der Waals surface area contributed by atoms with Gasteiger partial charge in [0.05, 0.1) is 22.6 Å². The van der Waals surface area contributed by atoms with Gasteiger partial charge in [-0.2, -0.15) is 5.10 Å². The molecule has 6 heteroatoms. The zero-order chi connectivity index (χ0) is 15.0. The minimum atomic E-state index is -0.590. The number of halogens is 3. The third-order valence-electron chi connectivity index (χ3n) is 3.03. The van der Waals surface area contributed by atoms with E-state index < -0.39 is 11.6 Å². The third kappa shape index (κ3) is 2.48. The Hall–Kier alpha value is -2.40. The van der Waals surface area contributed by atoms with Crippen molar-refractivity contribution in [3.05, 3.63) is 65.3 Å². The van der Waals surface area contributed by atoms with Gasteiger partial charge in [0.1, 0.15) is 17.3 Å². The first-order chi connectivity index (χ1) is 10.1. The average molecular weight is 306 g/mol. The molecule has 21 heavy (non-hydrogen) atoms. The molecular formula is C15H10ClF2N3. The second-order valence-electron chi connectivity index (χ2n) is 4.45. The number of nitrogens with two attached hydrogens (primary N) is 1. The van der Waals surface area contributed by atoms with Crippen molar-refractivity contribution >= 4 is 17.3 Å². The van der Waals surface area contributed by atoms with E-state index in [2.05, 4.69) is 5.10 Å². The summed E-state index contributed by atoms with van der Waals surface area (Å²) in [5, 5.41) is 4.69. The van der Waals surface area contributed by atoms with Crippen LogP contribution in [-0.2, 0) is 0 Å². The largest absolute Gasteiger partial charge is 0.396 e. The Morgan fingerprint density at radius 3 is 2.62 bits per heavy atom. The lowest BCUT2D eigenvalue weighted by atomic mass is 10.1. The van der Waals surface area contributed by atoms with Crippen LogP contribution in [0.1, 0.15) is 0 Å². The summed E-state index contributed by atoms with van der Waals surface area (Å²) in [5.74, 6) is -1.15. The molecule has 3 rings (SSSR count). The number of hydrogen-bond donors (Lipinski definition) is 1. The number of para-hydroxylation sites is 1. The molecule has 0 radical (unpaired) electrons. The molecule has 0 fully saturated rings. The minimum absolute atomic E-state index is 0.0123. The number of benzene rings is 2. The maximum absolute atomic E-state index is 13.8. The molecular weight excluding hydrogens is 296 g/mol. The van der Waals surface area contributed by atoms with Crippen LogP contribution < -0.4 is 5.73 Å². The number of hydrogen-bond acceptors (Lipinski definition) is 2. The van der Waals surface area contributed by atoms with Gasteiger partial charge in [-0.15, -0.1) is 0 Å². The molecule has 1 aromatic heterocycles. The van der Waals surface area contributed by atoms with Crippen molar-refractivity contribution < 1.29 is 8.78 Å². The first kappa shape index (κ1) is 13.6. The topological polar surface area (TPSA) is 43.8 Å². The lowest BCUT2D eigenvalue weighted by molar-refractivity contribution is 0.602. The molecule has 0 bridgehead atoms. The Balaban J connectivity index is 2.15. The van der Waals surface area contributed by atoms with Crippen LogP contribution in [0.4, 0.5) is 14.5 Å². The molecule has 0 saturated carbocycles. The summed E-state index contributed by atoms with van der Waals surface area (Å²) < 4.78 is 28.6. The molecule has 2 N–H and O–H groups in total. The van der Waals surface area contributed by atoms with Gasteiger partial charge in [-0.05, 0) is 30.3 Å². The van der Waals surface area contributed by atoms with Crippen LogP contribution in [0.25, 0.3) is 16.9 Å². The quantitative estimate of drug-likeness (QED) is 0.776. The SMILES string of the molecule is Nc1cn(-c2ccccc2Cl)nc1-c1cc(F)ccc1F. The highest BCUT2D eigenvalue weighted by Gasteiger charge is 2.15. The van der Waals surface area contributed by atoms with Crippen molar-refractivity contribution in [1.29, 1.82) is 0 Å². The summed E-state index contributed by atoms with van der Waals surface area (Å²) in [6.45, 7) is 0. The maximum atomic E-state index is 13.8. The van der Waals surface area contributed by atoms with E-state index in [1.165, 1.54) is 10.9 Å². The van der Waals surface area contributed by atoms with Crippen LogP contribution in [0.3, 0.4) is 0 Å². The highest BCUT2D eigenvalue weighted by molar-refractivity contribution is 6.32. The second kappa shape index (κ2) is 5.18. The standard InChI is InChI=1S/C15H10ClF2N3/c16-11-3-1-2-4-14(11)21-8-13(19)15(20-21)10-7-9(17)5-6-12(10)18/h1-8H,19H2. The van der Waals surface area contributed by atoms with Crippen molar-refractivity contribution in [2.24, 2.45) is 0 Å². The van der Waals surface area contributed by atoms with Crippen LogP contribution in [0.2, 0.25) is 5.02 Å². The summed E-state index contributed by atoms with van der Waals surface area (Å²) in [7, 11) is 0. The average Bonchev–Trinajstić information content (AvgIpc) is 2.84. The van der Waals surface area contributed by atoms with E-state index in [0.717, 1.165) is 18.2 Å². The molecule has 3 nitrogen and oxygen atoms in total. The van der Waals surface area contributed by atoms with Crippen LogP contribution in [0.15, 0.2) is 48.7 Å². The summed E-state index contributed by atoms with van der Waals surface area (Å²) >= 11 is 6.09. The summed E-state index contributed by atoms with van der Waals surface area (Å²) in [5.41, 5.74) is 6.89. The van der Waals surface area contributed by atoms with Gasteiger partial charge in [-0.25, -0.2) is 13.5 Å². The smallest absolute Gasteiger partial charge is 0.132 e. The highest BCUT2D eigenvalue weighted by atomic mass is 35.5. The van der Waals surface area contributed by atoms with Gasteiger partial charge < -0.3 is 5.73 Å². The zero-order valence-corrected chi connectivity index (χ0v) is 11.5. The third-order valence-corrected chi connectivity index (χ3v) is 3.34. The van der Waals surface area contributed by atoms with Gasteiger partial charge in [-0.1, -0.05) is 23.7 Å². The fourth-order valence-electron chi connectivity index (χ4n) is 2.04. The van der Waals surface area contributed by atoms with Crippen molar-refractivity contribution in [3.63, 3.8) is 0 Å². The van der Waals surface area contributed by atoms with Gasteiger partial charge in [0, 0.05) is 5.56 Å². The lowest BCUT2D eigenvalue weighted by Crippen LogP contribution is -1.96. The molecule has 0 saturated heterocycles. The normalized spacial score (nSPS) is 10.8. The first-order valence-corrected chi connectivity index (χ1v) is 6.49. The van der Waals surface area contributed by atoms with E-state index >= 15 is 0 Å². The summed E-state index contributed by atoms with van der Waals surface area (Å²) in [4.78, 5) is 0. The molecule has 0 spiro atoms. The molecule has 0 amide bonds. The number of rotatable bonds is 2. The Morgan fingerprint density at radius 1 is 1.10 bits per heavy atom. The molecule has 106 valence electrons. The molecule has 0 aliphatic heterocycles. The number of nitrogen functional groups attached to an aromatic ring is 1. The summed E-state index contributed by atoms with van der Waals surface area (Å²) in [6.07, 6.45) is 1.51. The number of anilines is 1. The molecule has 0 atom stereocenters. The van der Waals surface area contributed by atoms with Crippen LogP contribution in [-0.4, -0.2) is 9.78 Å². The first-order valence-electron chi connectivity index (χ1n) is 6.12. The van der Waals surface area contributed by atoms with E-state index in [0.29, 0.717) is 10.7 Å². The van der Waals surface area contributed by atoms with E-state index in [9.17, 15) is 8.78 Å². The lowest BCUT2D eigenvalue weighted by Gasteiger charge is -2.03. The van der Waals surface area contributed by atoms with Gasteiger partial charge in [0.25, 0.3) is 0 Å². The minimum Gasteiger partial charge on any atom is -0.396 e. The Morgan fingerprint density at radius 2 is 1.86 bits per heavy atom. The molecule has 2 aromatic carbocycles. The maximum Gasteiger partial charge on any atom is 0.132 e. The molecule has 0 aliphatic rings. The number of nitrogens with zero attached hydrogens (tertiary/aromatic N) is 2. The Labute approximate surface area is 124 Å². The molecule has 0 unspecified atom stereocenters. The van der Waals surface area contributed by atoms with E-state index in [-0.39, 0.29) is 16.9 Å². The van der Waals surface area contributed by atoms with Gasteiger partial charge >= 0.3 is 0 Å². The van der Waals surface area contributed by atoms with Crippen molar-refractivity contribution in [2.45, 2.75) is 0 Å². The fraction of sp³-hybridized carbons (Fsp3) is 0. The molecule has 3 aromatic rings. The fourth-order valence-corrected chi connectivity index (χ4v) is 2.26. The monoisotopic (exact) mass is 305 g/mol. The van der Waals surface area contributed by atoms with Gasteiger partial charge in [0.2, 0.25) is 0 Å². The van der Waals surface area contributed by atoms with E-state index in [1.807, 2.05) is 0 Å². The highest BCUT2D eigenvalue weighted by Crippen LogP contribution is 2.29. The van der Waals surface area contributed by atoms with Gasteiger partial charge in [-0.3, -0.25) is 0 Å². The Kier molecular flexibility index (Phi) is 3.35. The molecule has 0 aliphatic carbocycles. The Bertz CT molecular complexity index is 814. The second-order valence-corrected chi connectivity index (χ2v) is 4.86. The summed E-state index contributed by atoms with van der Waals surface area (Å²) in [6, 6.07) is 10.2. The van der Waals surface area contributed by atoms with E-state index in [4.69, 9.17) is 17.3 Å². The van der Waals surface area contributed by atoms with Crippen LogP contribution >= 0.6 is 11.6 Å². The van der Waals surface area contributed by atoms with Crippen molar-refractivity contribution in [2.75, 3.05) is 5.73 Å². The zero-order valence-electron chi connectivity index (χ0n) is 10.7. The van der Waals surface area contributed by atoms with Crippen LogP contribution in [0, 0.1) is 11.6 Å². The van der Waals surface area contributed by atoms with Crippen molar-refractivity contribution in [3.8, 4) is 16.9 Å². The van der Waals surface area contributed by atoms with E-state index in [1.54, 1.807) is 24.3 Å². The van der Waals surface area contributed by atoms with Crippen molar-refractivity contribution in [1.82, 2.24) is 9.78 Å². The van der Waals surface area contributed by atoms with Gasteiger partial charge in [0.15, 0.2) is 0 Å². The van der Waals surface area contributed by atoms with Crippen LogP contribution in [0.5, 0.6) is 0 Å². The predicted octanol–water partition coefficient (Wildman–Crippen LogP) is 4.05. The number of aromatic nitrogens is 2. The molecule has 1 heterocycles.